The first kappa shape index (κ1) is 20.5. The number of nitrogens with zero attached hydrogens (tertiary/aromatic N) is 5. The first-order valence-corrected chi connectivity index (χ1v) is 9.63. The lowest BCUT2D eigenvalue weighted by Gasteiger charge is -2.13. The number of methoxy groups -OCH3 is 2. The number of Topliss-reactive ketones (excluding diaryl/α,β-unsaturated/α-hetero) is 1. The van der Waals surface area contributed by atoms with Gasteiger partial charge in [0.05, 0.1) is 26.5 Å². The lowest BCUT2D eigenvalue weighted by molar-refractivity contribution is -0.117. The first-order chi connectivity index (χ1) is 14.7. The van der Waals surface area contributed by atoms with Crippen LogP contribution < -0.4 is 20.7 Å². The Balaban J connectivity index is 2.19. The summed E-state index contributed by atoms with van der Waals surface area (Å²) in [5.74, 6) is 1.39. The smallest absolute Gasteiger partial charge is 0.332 e. The molecule has 4 aromatic rings. The lowest BCUT2D eigenvalue weighted by Crippen LogP contribution is -2.40. The summed E-state index contributed by atoms with van der Waals surface area (Å²) in [6, 6.07) is 5.40. The van der Waals surface area contributed by atoms with Gasteiger partial charge in [0.1, 0.15) is 17.3 Å². The molecule has 4 rings (SSSR count). The molecule has 0 fully saturated rings. The Hall–Kier alpha value is -3.82. The van der Waals surface area contributed by atoms with Gasteiger partial charge in [-0.1, -0.05) is 0 Å². The Morgan fingerprint density at radius 3 is 2.42 bits per heavy atom. The quantitative estimate of drug-likeness (QED) is 0.479. The third-order valence-electron chi connectivity index (χ3n) is 5.53. The molecule has 0 aliphatic rings. The van der Waals surface area contributed by atoms with Gasteiger partial charge in [0.2, 0.25) is 5.78 Å². The fraction of sp³-hybridized carbons (Fsp3) is 0.333. The number of hydrogen-bond donors (Lipinski definition) is 0. The van der Waals surface area contributed by atoms with Crippen molar-refractivity contribution >= 4 is 22.7 Å². The first-order valence-electron chi connectivity index (χ1n) is 9.63. The molecule has 0 aliphatic heterocycles. The highest BCUT2D eigenvalue weighted by molar-refractivity contribution is 5.79. The second-order valence-electron chi connectivity index (χ2n) is 7.40. The van der Waals surface area contributed by atoms with Gasteiger partial charge in [-0.05, 0) is 32.9 Å². The van der Waals surface area contributed by atoms with Crippen molar-refractivity contribution in [1.82, 2.24) is 23.1 Å². The van der Waals surface area contributed by atoms with E-state index in [1.807, 2.05) is 24.5 Å². The number of aromatic nitrogens is 5. The van der Waals surface area contributed by atoms with Crippen LogP contribution in [0.2, 0.25) is 0 Å². The van der Waals surface area contributed by atoms with Crippen molar-refractivity contribution in [3.05, 3.63) is 50.4 Å². The molecule has 10 nitrogen and oxygen atoms in total. The zero-order valence-electron chi connectivity index (χ0n) is 18.2. The van der Waals surface area contributed by atoms with Crippen LogP contribution in [-0.4, -0.2) is 43.1 Å². The van der Waals surface area contributed by atoms with Crippen molar-refractivity contribution in [2.45, 2.75) is 27.3 Å². The zero-order valence-corrected chi connectivity index (χ0v) is 18.2. The maximum atomic E-state index is 13.2. The van der Waals surface area contributed by atoms with Crippen molar-refractivity contribution in [1.29, 1.82) is 0 Å². The summed E-state index contributed by atoms with van der Waals surface area (Å²) in [4.78, 5) is 42.2. The third kappa shape index (κ3) is 2.86. The molecule has 3 aromatic heterocycles. The minimum atomic E-state index is -0.590. The van der Waals surface area contributed by atoms with Crippen molar-refractivity contribution in [2.75, 3.05) is 14.2 Å². The minimum absolute atomic E-state index is 0.236. The van der Waals surface area contributed by atoms with Gasteiger partial charge in [0.15, 0.2) is 11.2 Å². The number of ether oxygens (including phenoxy) is 2. The van der Waals surface area contributed by atoms with Crippen molar-refractivity contribution in [3.63, 3.8) is 0 Å². The highest BCUT2D eigenvalue weighted by atomic mass is 16.5. The van der Waals surface area contributed by atoms with Gasteiger partial charge in [-0.2, -0.15) is 4.98 Å². The van der Waals surface area contributed by atoms with Crippen LogP contribution in [0.3, 0.4) is 0 Å². The number of aryl methyl sites for hydroxylation is 2. The van der Waals surface area contributed by atoms with E-state index in [9.17, 15) is 14.4 Å². The average Bonchev–Trinajstić information content (AvgIpc) is 3.24. The van der Waals surface area contributed by atoms with E-state index in [1.54, 1.807) is 30.8 Å². The highest BCUT2D eigenvalue weighted by Gasteiger charge is 2.24. The maximum Gasteiger partial charge on any atom is 0.332 e. The second-order valence-corrected chi connectivity index (χ2v) is 7.40. The van der Waals surface area contributed by atoms with E-state index in [-0.39, 0.29) is 23.5 Å². The molecule has 0 amide bonds. The Labute approximate surface area is 176 Å². The van der Waals surface area contributed by atoms with Crippen LogP contribution in [-0.2, 0) is 18.4 Å². The van der Waals surface area contributed by atoms with Crippen molar-refractivity contribution in [2.24, 2.45) is 7.05 Å². The van der Waals surface area contributed by atoms with Gasteiger partial charge in [-0.3, -0.25) is 27.7 Å². The second kappa shape index (κ2) is 7.15. The Kier molecular flexibility index (Phi) is 4.72. The van der Waals surface area contributed by atoms with Crippen LogP contribution in [0.15, 0.2) is 27.8 Å². The monoisotopic (exact) mass is 425 g/mol. The molecule has 10 heteroatoms. The summed E-state index contributed by atoms with van der Waals surface area (Å²) in [7, 11) is 4.68. The van der Waals surface area contributed by atoms with Crippen LogP contribution in [0.25, 0.3) is 22.6 Å². The molecule has 0 saturated heterocycles. The topological polar surface area (TPSA) is 102 Å². The molecule has 0 radical (unpaired) electrons. The number of imidazole rings is 2. The summed E-state index contributed by atoms with van der Waals surface area (Å²) in [5, 5.41) is 0. The number of carbonyl (C=O) groups is 1. The molecule has 3 heterocycles. The summed E-state index contributed by atoms with van der Waals surface area (Å²) >= 11 is 0. The average molecular weight is 425 g/mol. The Morgan fingerprint density at radius 1 is 1.10 bits per heavy atom. The molecule has 0 aliphatic carbocycles. The third-order valence-corrected chi connectivity index (χ3v) is 5.53. The van der Waals surface area contributed by atoms with Crippen LogP contribution in [0.4, 0.5) is 0 Å². The molecular formula is C21H23N5O5. The predicted molar refractivity (Wildman–Crippen MR) is 115 cm³/mol. The van der Waals surface area contributed by atoms with E-state index in [2.05, 4.69) is 4.98 Å². The maximum absolute atomic E-state index is 13.2. The summed E-state index contributed by atoms with van der Waals surface area (Å²) in [5.41, 5.74) is 1.62. The predicted octanol–water partition coefficient (Wildman–Crippen LogP) is 1.36. The number of carbonyl (C=O) groups excluding carboxylic acids is 1. The number of hydrogen-bond acceptors (Lipinski definition) is 6. The van der Waals surface area contributed by atoms with Crippen molar-refractivity contribution < 1.29 is 14.3 Å². The molecule has 0 saturated carbocycles. The number of ketones is 1. The SMILES string of the molecule is COc1ccc(OC)c(-n2c(C)c(C)n3c4c(=O)n(CC(C)=O)c(=O)n(C)c4nc23)c1. The van der Waals surface area contributed by atoms with Crippen LogP contribution in [0.5, 0.6) is 11.5 Å². The van der Waals surface area contributed by atoms with Crippen LogP contribution in [0, 0.1) is 13.8 Å². The molecule has 0 atom stereocenters. The van der Waals surface area contributed by atoms with Crippen LogP contribution in [0.1, 0.15) is 18.3 Å². The molecule has 0 bridgehead atoms. The molecule has 31 heavy (non-hydrogen) atoms. The van der Waals surface area contributed by atoms with E-state index < -0.39 is 11.2 Å². The summed E-state index contributed by atoms with van der Waals surface area (Å²) in [6.07, 6.45) is 0. The Bertz CT molecular complexity index is 1480. The Morgan fingerprint density at radius 2 is 1.81 bits per heavy atom. The molecule has 0 unspecified atom stereocenters. The molecule has 0 spiro atoms. The van der Waals surface area contributed by atoms with E-state index >= 15 is 0 Å². The minimum Gasteiger partial charge on any atom is -0.497 e. The van der Waals surface area contributed by atoms with E-state index in [0.29, 0.717) is 23.0 Å². The molecule has 162 valence electrons. The summed E-state index contributed by atoms with van der Waals surface area (Å²) < 4.78 is 16.7. The molecular weight excluding hydrogens is 402 g/mol. The van der Waals surface area contributed by atoms with Crippen LogP contribution >= 0.6 is 0 Å². The summed E-state index contributed by atoms with van der Waals surface area (Å²) in [6.45, 7) is 4.82. The van der Waals surface area contributed by atoms with Gasteiger partial charge < -0.3 is 9.47 Å². The van der Waals surface area contributed by atoms with Gasteiger partial charge in [-0.25, -0.2) is 4.79 Å². The molecule has 1 aromatic carbocycles. The lowest BCUT2D eigenvalue weighted by atomic mass is 10.2. The highest BCUT2D eigenvalue weighted by Crippen LogP contribution is 2.32. The number of rotatable bonds is 5. The van der Waals surface area contributed by atoms with E-state index in [0.717, 1.165) is 16.0 Å². The largest absolute Gasteiger partial charge is 0.497 e. The zero-order chi connectivity index (χ0) is 22.6. The van der Waals surface area contributed by atoms with Gasteiger partial charge >= 0.3 is 5.69 Å². The van der Waals surface area contributed by atoms with Gasteiger partial charge in [0.25, 0.3) is 5.56 Å². The standard InChI is InChI=1S/C21H23N5O5/c1-11(27)10-24-19(28)17-18(23(4)21(24)29)22-20-25(12(2)13(3)26(17)20)15-9-14(30-5)7-8-16(15)31-6/h7-9H,10H2,1-6H3. The fourth-order valence-electron chi connectivity index (χ4n) is 3.87. The van der Waals surface area contributed by atoms with Crippen molar-refractivity contribution in [3.8, 4) is 17.2 Å². The number of benzene rings is 1. The number of fused-ring (bicyclic) bond motifs is 3. The fourth-order valence-corrected chi connectivity index (χ4v) is 3.87. The van der Waals surface area contributed by atoms with E-state index in [4.69, 9.17) is 9.47 Å². The van der Waals surface area contributed by atoms with E-state index in [1.165, 1.54) is 18.5 Å². The van der Waals surface area contributed by atoms with Gasteiger partial charge in [-0.15, -0.1) is 0 Å². The van der Waals surface area contributed by atoms with Gasteiger partial charge in [0, 0.05) is 24.5 Å². The molecule has 0 N–H and O–H groups in total. The normalized spacial score (nSPS) is 11.4.